The molecule has 0 bridgehead atoms. The molecule has 1 aliphatic rings. The molecule has 0 radical (unpaired) electrons. The Morgan fingerprint density at radius 2 is 1.42 bits per heavy atom. The van der Waals surface area contributed by atoms with Crippen LogP contribution in [0, 0.1) is 0 Å². The molecule has 1 fully saturated rings. The lowest BCUT2D eigenvalue weighted by Crippen LogP contribution is -2.29. The van der Waals surface area contributed by atoms with Crippen LogP contribution in [0.5, 0.6) is 0 Å². The summed E-state index contributed by atoms with van der Waals surface area (Å²) in [6, 6.07) is 16.4. The number of nitrogens with one attached hydrogen (secondary N) is 2. The summed E-state index contributed by atoms with van der Waals surface area (Å²) in [7, 11) is 0. The maximum absolute atomic E-state index is 11.4. The molecule has 0 aromatic heterocycles. The van der Waals surface area contributed by atoms with E-state index in [1.54, 1.807) is 0 Å². The minimum absolute atomic E-state index is 0.0315. The topological polar surface area (TPSA) is 44.4 Å². The quantitative estimate of drug-likeness (QED) is 0.833. The van der Waals surface area contributed by atoms with E-state index in [4.69, 9.17) is 0 Å². The van der Waals surface area contributed by atoms with Crippen molar-refractivity contribution in [2.24, 2.45) is 0 Å². The van der Waals surface area contributed by atoms with Gasteiger partial charge in [-0.1, -0.05) is 6.92 Å². The third-order valence-corrected chi connectivity index (χ3v) is 4.37. The highest BCUT2D eigenvalue weighted by molar-refractivity contribution is 5.90. The monoisotopic (exact) mass is 323 g/mol. The summed E-state index contributed by atoms with van der Waals surface area (Å²) >= 11 is 0. The Bertz CT molecular complexity index is 658. The Hall–Kier alpha value is -2.49. The normalized spacial score (nSPS) is 14.3. The van der Waals surface area contributed by atoms with Gasteiger partial charge in [0.1, 0.15) is 0 Å². The molecular formula is C20H25N3O. The third-order valence-electron chi connectivity index (χ3n) is 4.37. The smallest absolute Gasteiger partial charge is 0.224 e. The van der Waals surface area contributed by atoms with E-state index in [0.717, 1.165) is 30.2 Å². The first-order chi connectivity index (χ1) is 11.7. The van der Waals surface area contributed by atoms with Gasteiger partial charge in [0.2, 0.25) is 5.91 Å². The van der Waals surface area contributed by atoms with Gasteiger partial charge in [0, 0.05) is 42.3 Å². The molecule has 2 aromatic carbocycles. The van der Waals surface area contributed by atoms with Crippen LogP contribution in [0.4, 0.5) is 22.7 Å². The van der Waals surface area contributed by atoms with E-state index in [1.165, 1.54) is 24.9 Å². The van der Waals surface area contributed by atoms with Crippen LogP contribution in [0.15, 0.2) is 48.5 Å². The zero-order valence-electron chi connectivity index (χ0n) is 14.2. The molecule has 0 unspecified atom stereocenters. The van der Waals surface area contributed by atoms with Crippen LogP contribution < -0.4 is 15.5 Å². The summed E-state index contributed by atoms with van der Waals surface area (Å²) in [5.41, 5.74) is 4.21. The van der Waals surface area contributed by atoms with Crippen molar-refractivity contribution in [1.82, 2.24) is 0 Å². The number of amides is 1. The van der Waals surface area contributed by atoms with E-state index < -0.39 is 0 Å². The van der Waals surface area contributed by atoms with Crippen LogP contribution in [0.3, 0.4) is 0 Å². The molecule has 1 amide bonds. The number of benzene rings is 2. The number of anilines is 4. The fourth-order valence-electron chi connectivity index (χ4n) is 2.96. The first-order valence-electron chi connectivity index (χ1n) is 8.76. The van der Waals surface area contributed by atoms with Gasteiger partial charge >= 0.3 is 0 Å². The Balaban J connectivity index is 1.60. The minimum atomic E-state index is 0.0315. The molecular weight excluding hydrogens is 298 g/mol. The van der Waals surface area contributed by atoms with Crippen LogP contribution in [0.2, 0.25) is 0 Å². The number of hydrogen-bond donors (Lipinski definition) is 2. The number of nitrogens with zero attached hydrogens (tertiary/aromatic N) is 1. The number of carbonyl (C=O) groups is 1. The Morgan fingerprint density at radius 3 is 2.00 bits per heavy atom. The van der Waals surface area contributed by atoms with Crippen LogP contribution in [0.1, 0.15) is 32.6 Å². The number of hydrogen-bond acceptors (Lipinski definition) is 3. The molecule has 0 spiro atoms. The van der Waals surface area contributed by atoms with Crippen molar-refractivity contribution in [3.63, 3.8) is 0 Å². The lowest BCUT2D eigenvalue weighted by molar-refractivity contribution is -0.115. The van der Waals surface area contributed by atoms with E-state index in [-0.39, 0.29) is 5.91 Å². The van der Waals surface area contributed by atoms with Crippen LogP contribution in [-0.4, -0.2) is 19.0 Å². The van der Waals surface area contributed by atoms with E-state index in [0.29, 0.717) is 6.42 Å². The van der Waals surface area contributed by atoms with E-state index >= 15 is 0 Å². The fourth-order valence-corrected chi connectivity index (χ4v) is 2.96. The SMILES string of the molecule is CCC(=O)Nc1ccc(Nc2ccc(N3CCCCC3)cc2)cc1. The molecule has 24 heavy (non-hydrogen) atoms. The fraction of sp³-hybridized carbons (Fsp3) is 0.350. The van der Waals surface area contributed by atoms with Gasteiger partial charge in [0.25, 0.3) is 0 Å². The van der Waals surface area contributed by atoms with Gasteiger partial charge in [-0.2, -0.15) is 0 Å². The zero-order chi connectivity index (χ0) is 16.8. The highest BCUT2D eigenvalue weighted by atomic mass is 16.1. The second-order valence-corrected chi connectivity index (χ2v) is 6.20. The molecule has 4 nitrogen and oxygen atoms in total. The largest absolute Gasteiger partial charge is 0.372 e. The van der Waals surface area contributed by atoms with Gasteiger partial charge in [-0.05, 0) is 67.8 Å². The molecule has 2 N–H and O–H groups in total. The summed E-state index contributed by atoms with van der Waals surface area (Å²) in [6.45, 7) is 4.17. The number of rotatable bonds is 5. The van der Waals surface area contributed by atoms with Crippen molar-refractivity contribution in [1.29, 1.82) is 0 Å². The predicted molar refractivity (Wildman–Crippen MR) is 101 cm³/mol. The number of piperidine rings is 1. The lowest BCUT2D eigenvalue weighted by Gasteiger charge is -2.28. The summed E-state index contributed by atoms with van der Waals surface area (Å²) in [4.78, 5) is 13.8. The summed E-state index contributed by atoms with van der Waals surface area (Å²) < 4.78 is 0. The Kier molecular flexibility index (Phi) is 5.36. The van der Waals surface area contributed by atoms with E-state index in [2.05, 4.69) is 39.8 Å². The van der Waals surface area contributed by atoms with Gasteiger partial charge in [-0.15, -0.1) is 0 Å². The molecule has 1 heterocycles. The minimum Gasteiger partial charge on any atom is -0.372 e. The maximum atomic E-state index is 11.4. The average molecular weight is 323 g/mol. The summed E-state index contributed by atoms with van der Waals surface area (Å²) in [6.07, 6.45) is 4.43. The van der Waals surface area contributed by atoms with Gasteiger partial charge in [-0.25, -0.2) is 0 Å². The summed E-state index contributed by atoms with van der Waals surface area (Å²) in [5, 5.41) is 6.25. The molecule has 2 aromatic rings. The molecule has 1 aliphatic heterocycles. The van der Waals surface area contributed by atoms with Crippen molar-refractivity contribution in [3.8, 4) is 0 Å². The molecule has 4 heteroatoms. The van der Waals surface area contributed by atoms with Crippen molar-refractivity contribution >= 4 is 28.7 Å². The van der Waals surface area contributed by atoms with Crippen molar-refractivity contribution in [3.05, 3.63) is 48.5 Å². The Morgan fingerprint density at radius 1 is 0.875 bits per heavy atom. The lowest BCUT2D eigenvalue weighted by atomic mass is 10.1. The van der Waals surface area contributed by atoms with E-state index in [1.807, 2.05) is 31.2 Å². The highest BCUT2D eigenvalue weighted by Crippen LogP contribution is 2.24. The van der Waals surface area contributed by atoms with Crippen LogP contribution in [-0.2, 0) is 4.79 Å². The predicted octanol–water partition coefficient (Wildman–Crippen LogP) is 4.77. The van der Waals surface area contributed by atoms with Gasteiger partial charge in [0.05, 0.1) is 0 Å². The first kappa shape index (κ1) is 16.4. The molecule has 3 rings (SSSR count). The molecule has 0 aliphatic carbocycles. The third kappa shape index (κ3) is 4.28. The van der Waals surface area contributed by atoms with Crippen molar-refractivity contribution < 1.29 is 4.79 Å². The maximum Gasteiger partial charge on any atom is 0.224 e. The molecule has 126 valence electrons. The molecule has 0 saturated carbocycles. The standard InChI is InChI=1S/C20H25N3O/c1-2-20(24)22-18-8-6-16(7-9-18)21-17-10-12-19(13-11-17)23-14-4-3-5-15-23/h6-13,21H,2-5,14-15H2,1H3,(H,22,24). The van der Waals surface area contributed by atoms with Crippen LogP contribution >= 0.6 is 0 Å². The van der Waals surface area contributed by atoms with Crippen molar-refractivity contribution in [2.45, 2.75) is 32.6 Å². The second kappa shape index (κ2) is 7.86. The highest BCUT2D eigenvalue weighted by Gasteiger charge is 2.10. The van der Waals surface area contributed by atoms with Crippen molar-refractivity contribution in [2.75, 3.05) is 28.6 Å². The zero-order valence-corrected chi connectivity index (χ0v) is 14.2. The summed E-state index contributed by atoms with van der Waals surface area (Å²) in [5.74, 6) is 0.0315. The van der Waals surface area contributed by atoms with E-state index in [9.17, 15) is 4.79 Å². The average Bonchev–Trinajstić information content (AvgIpc) is 2.64. The van der Waals surface area contributed by atoms with Gasteiger partial charge in [-0.3, -0.25) is 4.79 Å². The Labute approximate surface area is 143 Å². The van der Waals surface area contributed by atoms with Crippen LogP contribution in [0.25, 0.3) is 0 Å². The van der Waals surface area contributed by atoms with Gasteiger partial charge < -0.3 is 15.5 Å². The van der Waals surface area contributed by atoms with Gasteiger partial charge in [0.15, 0.2) is 0 Å². The first-order valence-corrected chi connectivity index (χ1v) is 8.76. The molecule has 1 saturated heterocycles. The second-order valence-electron chi connectivity index (χ2n) is 6.20. The molecule has 0 atom stereocenters. The number of carbonyl (C=O) groups excluding carboxylic acids is 1.